The highest BCUT2D eigenvalue weighted by molar-refractivity contribution is 5.83. The molecule has 0 bridgehead atoms. The molecule has 1 aliphatic heterocycles. The van der Waals surface area contributed by atoms with Crippen LogP contribution in [0, 0.1) is 0 Å². The Hall–Kier alpha value is -1.32. The van der Waals surface area contributed by atoms with Crippen LogP contribution in [0.25, 0.3) is 10.9 Å². The summed E-state index contributed by atoms with van der Waals surface area (Å²) in [4.78, 5) is 2.59. The Morgan fingerprint density at radius 3 is 2.63 bits per heavy atom. The average Bonchev–Trinajstić information content (AvgIpc) is 2.89. The zero-order valence-electron chi connectivity index (χ0n) is 11.5. The van der Waals surface area contributed by atoms with Crippen molar-refractivity contribution >= 4 is 10.9 Å². The largest absolute Gasteiger partial charge is 0.346 e. The van der Waals surface area contributed by atoms with Gasteiger partial charge in [0.2, 0.25) is 0 Å². The van der Waals surface area contributed by atoms with Crippen molar-refractivity contribution in [2.45, 2.75) is 32.4 Å². The van der Waals surface area contributed by atoms with Crippen LogP contribution in [0.15, 0.2) is 30.5 Å². The van der Waals surface area contributed by atoms with Gasteiger partial charge in [0.25, 0.3) is 0 Å². The fraction of sp³-hybridized carbons (Fsp3) is 0.500. The minimum Gasteiger partial charge on any atom is -0.346 e. The first-order valence-corrected chi connectivity index (χ1v) is 7.37. The maximum Gasteiger partial charge on any atom is 0.0483 e. The van der Waals surface area contributed by atoms with Gasteiger partial charge in [0.1, 0.15) is 0 Å². The van der Waals surface area contributed by atoms with Gasteiger partial charge in [0, 0.05) is 36.7 Å². The number of aromatic nitrogens is 1. The lowest BCUT2D eigenvalue weighted by molar-refractivity contribution is 0.221. The second-order valence-corrected chi connectivity index (χ2v) is 5.47. The standard InChI is InChI=1S/C16H23N3/c17-13-14-5-4-6-16-15(14)7-10-19(16)12-11-18-8-2-1-3-9-18/h4-7,10H,1-3,8-9,11-13,17H2. The molecule has 3 rings (SSSR count). The quantitative estimate of drug-likeness (QED) is 0.913. The first-order valence-electron chi connectivity index (χ1n) is 7.37. The topological polar surface area (TPSA) is 34.2 Å². The van der Waals surface area contributed by atoms with E-state index >= 15 is 0 Å². The van der Waals surface area contributed by atoms with Gasteiger partial charge < -0.3 is 15.2 Å². The Kier molecular flexibility index (Phi) is 3.85. The van der Waals surface area contributed by atoms with Gasteiger partial charge >= 0.3 is 0 Å². The van der Waals surface area contributed by atoms with E-state index in [1.165, 1.54) is 48.8 Å². The minimum atomic E-state index is 0.619. The van der Waals surface area contributed by atoms with E-state index in [1.54, 1.807) is 0 Å². The van der Waals surface area contributed by atoms with Crippen LogP contribution in [0.1, 0.15) is 24.8 Å². The van der Waals surface area contributed by atoms with Crippen molar-refractivity contribution in [2.75, 3.05) is 19.6 Å². The van der Waals surface area contributed by atoms with Gasteiger partial charge in [-0.2, -0.15) is 0 Å². The molecule has 1 saturated heterocycles. The van der Waals surface area contributed by atoms with Crippen LogP contribution in [0.2, 0.25) is 0 Å². The number of likely N-dealkylation sites (tertiary alicyclic amines) is 1. The number of nitrogens with zero attached hydrogens (tertiary/aromatic N) is 2. The van der Waals surface area contributed by atoms with Crippen molar-refractivity contribution in [1.82, 2.24) is 9.47 Å². The van der Waals surface area contributed by atoms with Crippen LogP contribution in [-0.2, 0) is 13.1 Å². The van der Waals surface area contributed by atoms with Crippen molar-refractivity contribution < 1.29 is 0 Å². The van der Waals surface area contributed by atoms with Crippen molar-refractivity contribution in [3.05, 3.63) is 36.0 Å². The summed E-state index contributed by atoms with van der Waals surface area (Å²) in [5, 5.41) is 1.31. The molecular weight excluding hydrogens is 234 g/mol. The lowest BCUT2D eigenvalue weighted by Gasteiger charge is -2.26. The van der Waals surface area contributed by atoms with E-state index in [4.69, 9.17) is 5.73 Å². The molecule has 2 heterocycles. The highest BCUT2D eigenvalue weighted by Gasteiger charge is 2.10. The van der Waals surface area contributed by atoms with Gasteiger partial charge in [-0.1, -0.05) is 18.6 Å². The number of nitrogens with two attached hydrogens (primary N) is 1. The molecule has 0 spiro atoms. The molecule has 0 amide bonds. The monoisotopic (exact) mass is 257 g/mol. The highest BCUT2D eigenvalue weighted by atomic mass is 15.1. The van der Waals surface area contributed by atoms with Crippen molar-refractivity contribution in [3.8, 4) is 0 Å². The van der Waals surface area contributed by atoms with Gasteiger partial charge in [-0.3, -0.25) is 0 Å². The molecule has 0 unspecified atom stereocenters. The molecule has 1 aromatic heterocycles. The van der Waals surface area contributed by atoms with E-state index in [0.29, 0.717) is 6.54 Å². The predicted molar refractivity (Wildman–Crippen MR) is 80.1 cm³/mol. The molecule has 0 aliphatic carbocycles. The SMILES string of the molecule is NCc1cccc2c1ccn2CCN1CCCCC1. The van der Waals surface area contributed by atoms with E-state index in [0.717, 1.165) is 13.1 Å². The summed E-state index contributed by atoms with van der Waals surface area (Å²) in [6, 6.07) is 8.64. The number of piperidine rings is 1. The summed E-state index contributed by atoms with van der Waals surface area (Å²) in [6.45, 7) is 5.40. The van der Waals surface area contributed by atoms with Crippen molar-refractivity contribution in [3.63, 3.8) is 0 Å². The van der Waals surface area contributed by atoms with E-state index in [-0.39, 0.29) is 0 Å². The molecule has 1 aliphatic rings. The number of fused-ring (bicyclic) bond motifs is 1. The molecule has 1 fully saturated rings. The number of hydrogen-bond acceptors (Lipinski definition) is 2. The molecular formula is C16H23N3. The van der Waals surface area contributed by atoms with E-state index < -0.39 is 0 Å². The normalized spacial score (nSPS) is 17.1. The molecule has 0 radical (unpaired) electrons. The lowest BCUT2D eigenvalue weighted by Crippen LogP contribution is -2.32. The smallest absolute Gasteiger partial charge is 0.0483 e. The second-order valence-electron chi connectivity index (χ2n) is 5.47. The first kappa shape index (κ1) is 12.7. The summed E-state index contributed by atoms with van der Waals surface area (Å²) >= 11 is 0. The van der Waals surface area contributed by atoms with Crippen LogP contribution >= 0.6 is 0 Å². The molecule has 3 heteroatoms. The summed E-state index contributed by atoms with van der Waals surface area (Å²) in [5.74, 6) is 0. The molecule has 3 nitrogen and oxygen atoms in total. The third-order valence-corrected chi connectivity index (χ3v) is 4.23. The Labute approximate surface area is 115 Å². The molecule has 0 saturated carbocycles. The summed E-state index contributed by atoms with van der Waals surface area (Å²) in [6.07, 6.45) is 6.34. The molecule has 102 valence electrons. The van der Waals surface area contributed by atoms with Crippen molar-refractivity contribution in [1.29, 1.82) is 0 Å². The minimum absolute atomic E-state index is 0.619. The van der Waals surface area contributed by atoms with Crippen LogP contribution in [-0.4, -0.2) is 29.1 Å². The maximum absolute atomic E-state index is 5.80. The Bertz CT molecular complexity index is 538. The van der Waals surface area contributed by atoms with Gasteiger partial charge in [-0.05, 0) is 43.6 Å². The fourth-order valence-electron chi connectivity index (χ4n) is 3.09. The number of rotatable bonds is 4. The lowest BCUT2D eigenvalue weighted by atomic mass is 10.1. The Morgan fingerprint density at radius 2 is 1.84 bits per heavy atom. The van der Waals surface area contributed by atoms with Crippen LogP contribution in [0.5, 0.6) is 0 Å². The number of hydrogen-bond donors (Lipinski definition) is 1. The van der Waals surface area contributed by atoms with Crippen LogP contribution in [0.3, 0.4) is 0 Å². The molecule has 2 aromatic rings. The fourth-order valence-corrected chi connectivity index (χ4v) is 3.09. The Morgan fingerprint density at radius 1 is 1.00 bits per heavy atom. The Balaban J connectivity index is 1.74. The first-order chi connectivity index (χ1) is 9.38. The molecule has 0 atom stereocenters. The van der Waals surface area contributed by atoms with Gasteiger partial charge in [-0.25, -0.2) is 0 Å². The van der Waals surface area contributed by atoms with E-state index in [9.17, 15) is 0 Å². The summed E-state index contributed by atoms with van der Waals surface area (Å²) < 4.78 is 2.36. The molecule has 2 N–H and O–H groups in total. The second kappa shape index (κ2) is 5.76. The van der Waals surface area contributed by atoms with Crippen molar-refractivity contribution in [2.24, 2.45) is 5.73 Å². The van der Waals surface area contributed by atoms with Crippen LogP contribution < -0.4 is 5.73 Å². The zero-order chi connectivity index (χ0) is 13.1. The van der Waals surface area contributed by atoms with Crippen LogP contribution in [0.4, 0.5) is 0 Å². The molecule has 19 heavy (non-hydrogen) atoms. The van der Waals surface area contributed by atoms with E-state index in [1.807, 2.05) is 0 Å². The average molecular weight is 257 g/mol. The van der Waals surface area contributed by atoms with Gasteiger partial charge in [-0.15, -0.1) is 0 Å². The highest BCUT2D eigenvalue weighted by Crippen LogP contribution is 2.20. The maximum atomic E-state index is 5.80. The summed E-state index contributed by atoms with van der Waals surface area (Å²) in [7, 11) is 0. The third-order valence-electron chi connectivity index (χ3n) is 4.23. The zero-order valence-corrected chi connectivity index (χ0v) is 11.5. The molecule has 1 aromatic carbocycles. The van der Waals surface area contributed by atoms with E-state index in [2.05, 4.69) is 39.9 Å². The van der Waals surface area contributed by atoms with Gasteiger partial charge in [0.15, 0.2) is 0 Å². The van der Waals surface area contributed by atoms with Gasteiger partial charge in [0.05, 0.1) is 0 Å². The summed E-state index contributed by atoms with van der Waals surface area (Å²) in [5.41, 5.74) is 8.36. The number of benzene rings is 1. The predicted octanol–water partition coefficient (Wildman–Crippen LogP) is 2.59. The third kappa shape index (κ3) is 2.67.